The summed E-state index contributed by atoms with van der Waals surface area (Å²) < 4.78 is 64.8. The number of amides is 1. The van der Waals surface area contributed by atoms with Crippen molar-refractivity contribution in [3.8, 4) is 16.9 Å². The molecule has 0 aliphatic carbocycles. The molecule has 15 heteroatoms. The van der Waals surface area contributed by atoms with Crippen molar-refractivity contribution in [1.29, 1.82) is 0 Å². The molecule has 3 aromatic rings. The molecule has 1 amide bonds. The van der Waals surface area contributed by atoms with Crippen molar-refractivity contribution in [3.05, 3.63) is 77.0 Å². The second kappa shape index (κ2) is 13.1. The zero-order valence-corrected chi connectivity index (χ0v) is 21.0. The monoisotopic (exact) mass is 605 g/mol. The smallest absolute Gasteiger partial charge is 0.489 e. The number of ether oxygens (including phenoxy) is 1. The fourth-order valence-electron chi connectivity index (χ4n) is 2.60. The Hall–Kier alpha value is -3.53. The highest BCUT2D eigenvalue weighted by Gasteiger charge is 2.38. The molecule has 4 N–H and O–H groups in total. The number of alkyl halides is 3. The highest BCUT2D eigenvalue weighted by atomic mass is 79.9. The van der Waals surface area contributed by atoms with E-state index in [1.165, 1.54) is 29.7 Å². The summed E-state index contributed by atoms with van der Waals surface area (Å²) in [5.74, 6) is -3.13. The van der Waals surface area contributed by atoms with E-state index in [4.69, 9.17) is 19.8 Å². The topological polar surface area (TPSA) is 155 Å². The van der Waals surface area contributed by atoms with Gasteiger partial charge in [0.1, 0.15) is 12.4 Å². The first-order valence-electron chi connectivity index (χ1n) is 9.97. The molecule has 0 unspecified atom stereocenters. The lowest BCUT2D eigenvalue weighted by Crippen LogP contribution is -2.35. The first kappa shape index (κ1) is 29.7. The molecule has 0 bridgehead atoms. The maximum absolute atomic E-state index is 12.1. The number of nitrogens with zero attached hydrogens (tertiary/aromatic N) is 1. The van der Waals surface area contributed by atoms with Crippen molar-refractivity contribution in [3.63, 3.8) is 0 Å². The van der Waals surface area contributed by atoms with Crippen LogP contribution in [0.3, 0.4) is 0 Å². The summed E-state index contributed by atoms with van der Waals surface area (Å²) in [7, 11) is -3.88. The predicted molar refractivity (Wildman–Crippen MR) is 127 cm³/mol. The van der Waals surface area contributed by atoms with Crippen LogP contribution in [-0.4, -0.2) is 48.3 Å². The number of nitrogens with one attached hydrogen (secondary N) is 2. The molecule has 0 spiro atoms. The zero-order chi connectivity index (χ0) is 27.6. The lowest BCUT2D eigenvalue weighted by Gasteiger charge is -2.10. The molecular formula is C22H19BrF3N3O7S. The van der Waals surface area contributed by atoms with Crippen molar-refractivity contribution in [2.45, 2.75) is 17.7 Å². The number of pyridine rings is 1. The molecule has 0 atom stereocenters. The number of aliphatic carboxylic acids is 1. The normalized spacial score (nSPS) is 11.2. The first-order valence-corrected chi connectivity index (χ1v) is 12.2. The molecule has 10 nitrogen and oxygen atoms in total. The molecule has 198 valence electrons. The average Bonchev–Trinajstić information content (AvgIpc) is 2.86. The second-order valence-corrected chi connectivity index (χ2v) is 9.70. The van der Waals surface area contributed by atoms with E-state index in [9.17, 15) is 26.4 Å². The number of hydrogen-bond acceptors (Lipinski definition) is 7. The van der Waals surface area contributed by atoms with E-state index < -0.39 is 34.6 Å². The summed E-state index contributed by atoms with van der Waals surface area (Å²) in [6.45, 7) is -0.285. The molecule has 1 heterocycles. The highest BCUT2D eigenvalue weighted by molar-refractivity contribution is 9.10. The van der Waals surface area contributed by atoms with Gasteiger partial charge >= 0.3 is 12.1 Å². The average molecular weight is 606 g/mol. The minimum atomic E-state index is -5.08. The van der Waals surface area contributed by atoms with Crippen LogP contribution in [0.15, 0.2) is 76.4 Å². The number of hydrogen-bond donors (Lipinski definition) is 4. The maximum atomic E-state index is 12.1. The van der Waals surface area contributed by atoms with E-state index in [-0.39, 0.29) is 11.5 Å². The SMILES string of the molecule is O=C(CNS(=O)(=O)c1ccc(OCc2cc(Br)cc(-c3cccnc3)c2)cc1)NO.O=C(O)C(F)(F)F. The van der Waals surface area contributed by atoms with Crippen LogP contribution in [0.25, 0.3) is 11.1 Å². The standard InChI is InChI=1S/C20H18BrN3O5S.C2HF3O2/c21-17-9-14(8-16(10-17)15-2-1-7-22-11-15)13-29-18-3-5-19(6-4-18)30(27,28)23-12-20(25)24-26;3-2(4,5)1(6)7/h1-11,23,26H,12-13H2,(H,24,25);(H,6,7). The molecule has 37 heavy (non-hydrogen) atoms. The Morgan fingerprint density at radius 1 is 1.05 bits per heavy atom. The van der Waals surface area contributed by atoms with Gasteiger partial charge in [-0.1, -0.05) is 22.0 Å². The van der Waals surface area contributed by atoms with Crippen LogP contribution in [0.4, 0.5) is 13.2 Å². The summed E-state index contributed by atoms with van der Waals surface area (Å²) in [5, 5.41) is 15.6. The number of carbonyl (C=O) groups excluding carboxylic acids is 1. The quantitative estimate of drug-likeness (QED) is 0.225. The Morgan fingerprint density at radius 2 is 1.70 bits per heavy atom. The van der Waals surface area contributed by atoms with Crippen LogP contribution in [0.1, 0.15) is 5.56 Å². The van der Waals surface area contributed by atoms with Gasteiger partial charge in [-0.05, 0) is 59.7 Å². The van der Waals surface area contributed by atoms with Gasteiger partial charge in [0.05, 0.1) is 11.4 Å². The lowest BCUT2D eigenvalue weighted by atomic mass is 10.1. The van der Waals surface area contributed by atoms with E-state index in [0.717, 1.165) is 21.2 Å². The molecule has 3 rings (SSSR count). The maximum Gasteiger partial charge on any atom is 0.490 e. The predicted octanol–water partition coefficient (Wildman–Crippen LogP) is 3.51. The van der Waals surface area contributed by atoms with Gasteiger partial charge in [-0.2, -0.15) is 13.2 Å². The Labute approximate surface area is 217 Å². The fourth-order valence-corrected chi connectivity index (χ4v) is 4.12. The van der Waals surface area contributed by atoms with E-state index >= 15 is 0 Å². The number of aromatic nitrogens is 1. The number of benzene rings is 2. The van der Waals surface area contributed by atoms with Crippen molar-refractivity contribution in [1.82, 2.24) is 15.2 Å². The summed E-state index contributed by atoms with van der Waals surface area (Å²) in [6.07, 6.45) is -1.59. The summed E-state index contributed by atoms with van der Waals surface area (Å²) in [6, 6.07) is 15.6. The van der Waals surface area contributed by atoms with E-state index in [2.05, 4.69) is 25.6 Å². The molecule has 0 aliphatic heterocycles. The molecular weight excluding hydrogens is 587 g/mol. The van der Waals surface area contributed by atoms with Crippen LogP contribution >= 0.6 is 15.9 Å². The van der Waals surface area contributed by atoms with Crippen LogP contribution in [0, 0.1) is 0 Å². The van der Waals surface area contributed by atoms with Gasteiger partial charge in [-0.25, -0.2) is 23.4 Å². The van der Waals surface area contributed by atoms with Gasteiger partial charge in [-0.3, -0.25) is 15.0 Å². The van der Waals surface area contributed by atoms with Gasteiger partial charge in [0.15, 0.2) is 0 Å². The van der Waals surface area contributed by atoms with Gasteiger partial charge < -0.3 is 9.84 Å². The Balaban J connectivity index is 0.000000604. The molecule has 0 fully saturated rings. The Kier molecular flexibility index (Phi) is 10.5. The van der Waals surface area contributed by atoms with Crippen LogP contribution in [0.5, 0.6) is 5.75 Å². The van der Waals surface area contributed by atoms with E-state index in [1.54, 1.807) is 12.4 Å². The molecule has 0 saturated heterocycles. The number of rotatable bonds is 8. The third kappa shape index (κ3) is 9.80. The van der Waals surface area contributed by atoms with E-state index in [0.29, 0.717) is 5.75 Å². The Bertz CT molecular complexity index is 1320. The van der Waals surface area contributed by atoms with Crippen molar-refractivity contribution >= 4 is 37.8 Å². The fraction of sp³-hybridized carbons (Fsp3) is 0.136. The summed E-state index contributed by atoms with van der Waals surface area (Å²) in [4.78, 5) is 24.0. The second-order valence-electron chi connectivity index (χ2n) is 7.01. The molecule has 1 aromatic heterocycles. The van der Waals surface area contributed by atoms with Crippen LogP contribution in [0.2, 0.25) is 0 Å². The van der Waals surface area contributed by atoms with Gasteiger partial charge in [0.25, 0.3) is 5.91 Å². The number of sulfonamides is 1. The van der Waals surface area contributed by atoms with Gasteiger partial charge in [0, 0.05) is 22.4 Å². The minimum Gasteiger partial charge on any atom is -0.489 e. The number of halogens is 4. The van der Waals surface area contributed by atoms with Crippen molar-refractivity contribution < 1.29 is 46.2 Å². The summed E-state index contributed by atoms with van der Waals surface area (Å²) in [5.41, 5.74) is 4.26. The molecule has 0 radical (unpaired) electrons. The zero-order valence-electron chi connectivity index (χ0n) is 18.6. The molecule has 2 aromatic carbocycles. The van der Waals surface area contributed by atoms with Crippen LogP contribution in [-0.2, 0) is 26.2 Å². The first-order chi connectivity index (χ1) is 17.3. The van der Waals surface area contributed by atoms with Crippen LogP contribution < -0.4 is 14.9 Å². The largest absolute Gasteiger partial charge is 0.490 e. The van der Waals surface area contributed by atoms with Crippen molar-refractivity contribution in [2.75, 3.05) is 6.54 Å². The molecule has 0 aliphatic rings. The highest BCUT2D eigenvalue weighted by Crippen LogP contribution is 2.25. The summed E-state index contributed by atoms with van der Waals surface area (Å²) >= 11 is 3.50. The number of carboxylic acids is 1. The molecule has 0 saturated carbocycles. The third-order valence-corrected chi connectivity index (χ3v) is 6.16. The number of carboxylic acid groups (broad SMARTS) is 1. The lowest BCUT2D eigenvalue weighted by molar-refractivity contribution is -0.192. The van der Waals surface area contributed by atoms with Crippen molar-refractivity contribution in [2.24, 2.45) is 0 Å². The third-order valence-electron chi connectivity index (χ3n) is 4.28. The number of carbonyl (C=O) groups is 2. The number of hydroxylamine groups is 1. The van der Waals surface area contributed by atoms with Gasteiger partial charge in [-0.15, -0.1) is 0 Å². The minimum absolute atomic E-state index is 0.0260. The van der Waals surface area contributed by atoms with Gasteiger partial charge in [0.2, 0.25) is 10.0 Å². The Morgan fingerprint density at radius 3 is 2.24 bits per heavy atom. The van der Waals surface area contributed by atoms with E-state index in [1.807, 2.05) is 30.3 Å².